The summed E-state index contributed by atoms with van der Waals surface area (Å²) in [5.41, 5.74) is 8.22. The molecule has 3 aromatic rings. The average Bonchev–Trinajstić information content (AvgIpc) is 2.89. The maximum atomic E-state index is 12.4. The molecule has 2 aromatic carbocycles. The Kier molecular flexibility index (Phi) is 3.44. The van der Waals surface area contributed by atoms with Crippen LogP contribution in [0.3, 0.4) is 0 Å². The number of carbonyl (C=O) groups is 1. The molecule has 0 aliphatic rings. The lowest BCUT2D eigenvalue weighted by molar-refractivity contribution is 0.0983. The van der Waals surface area contributed by atoms with E-state index in [2.05, 4.69) is 5.10 Å². The summed E-state index contributed by atoms with van der Waals surface area (Å²) in [6.07, 6.45) is 2.84. The highest BCUT2D eigenvalue weighted by atomic mass is 16.1. The number of rotatable bonds is 4. The second-order valence-corrected chi connectivity index (χ2v) is 5.16. The fourth-order valence-corrected chi connectivity index (χ4v) is 2.52. The number of ketones is 1. The van der Waals surface area contributed by atoms with Gasteiger partial charge in [0.1, 0.15) is 0 Å². The summed E-state index contributed by atoms with van der Waals surface area (Å²) in [4.78, 5) is 12.4. The van der Waals surface area contributed by atoms with E-state index in [0.717, 1.165) is 16.5 Å². The van der Waals surface area contributed by atoms with Crippen LogP contribution in [0.4, 0.5) is 5.69 Å². The molecular weight excluding hydrogens is 262 g/mol. The lowest BCUT2D eigenvalue weighted by Crippen LogP contribution is -2.07. The van der Waals surface area contributed by atoms with Gasteiger partial charge in [-0.05, 0) is 35.4 Å². The minimum Gasteiger partial charge on any atom is -0.398 e. The Morgan fingerprint density at radius 1 is 1.19 bits per heavy atom. The number of nitrogen functional groups attached to an aromatic ring is 1. The first kappa shape index (κ1) is 13.4. The van der Waals surface area contributed by atoms with Crippen LogP contribution in [-0.2, 0) is 13.5 Å². The Morgan fingerprint density at radius 2 is 1.90 bits per heavy atom. The molecule has 0 bridgehead atoms. The first-order valence-electron chi connectivity index (χ1n) is 6.93. The lowest BCUT2D eigenvalue weighted by atomic mass is 9.99. The van der Waals surface area contributed by atoms with Gasteiger partial charge >= 0.3 is 0 Å². The Morgan fingerprint density at radius 3 is 2.57 bits per heavy atom. The van der Waals surface area contributed by atoms with Crippen LogP contribution in [0.15, 0.2) is 48.7 Å². The third kappa shape index (κ3) is 2.65. The molecule has 0 aliphatic carbocycles. The van der Waals surface area contributed by atoms with Crippen LogP contribution in [0.1, 0.15) is 22.5 Å². The summed E-state index contributed by atoms with van der Waals surface area (Å²) in [7, 11) is 1.88. The van der Waals surface area contributed by atoms with Gasteiger partial charge in [0.15, 0.2) is 5.78 Å². The standard InChI is InChI=1S/C17H17N3O/c1-20-14(8-9-19-20)6-7-17(21)15-10-12-4-2-3-5-13(12)11-16(15)18/h2-5,8-11H,6-7,18H2,1H3. The molecule has 0 spiro atoms. The first-order chi connectivity index (χ1) is 10.1. The summed E-state index contributed by atoms with van der Waals surface area (Å²) in [6.45, 7) is 0. The number of nitrogens with two attached hydrogens (primary N) is 1. The van der Waals surface area contributed by atoms with Crippen molar-refractivity contribution >= 4 is 22.2 Å². The van der Waals surface area contributed by atoms with Crippen molar-refractivity contribution in [3.8, 4) is 0 Å². The van der Waals surface area contributed by atoms with Crippen LogP contribution in [0.2, 0.25) is 0 Å². The van der Waals surface area contributed by atoms with E-state index in [1.165, 1.54) is 0 Å². The predicted octanol–water partition coefficient (Wildman–Crippen LogP) is 2.97. The van der Waals surface area contributed by atoms with Crippen molar-refractivity contribution in [3.05, 3.63) is 59.9 Å². The molecule has 4 nitrogen and oxygen atoms in total. The summed E-state index contributed by atoms with van der Waals surface area (Å²) < 4.78 is 1.79. The van der Waals surface area contributed by atoms with Crippen LogP contribution in [0.5, 0.6) is 0 Å². The normalized spacial score (nSPS) is 10.9. The van der Waals surface area contributed by atoms with Crippen molar-refractivity contribution in [1.29, 1.82) is 0 Å². The van der Waals surface area contributed by atoms with Gasteiger partial charge in [0.2, 0.25) is 0 Å². The summed E-state index contributed by atoms with van der Waals surface area (Å²) in [5.74, 6) is 0.0689. The predicted molar refractivity (Wildman–Crippen MR) is 84.2 cm³/mol. The summed E-state index contributed by atoms with van der Waals surface area (Å²) in [5, 5.41) is 6.20. The highest BCUT2D eigenvalue weighted by molar-refractivity contribution is 6.05. The molecule has 2 N–H and O–H groups in total. The number of aryl methyl sites for hydroxylation is 2. The van der Waals surface area contributed by atoms with Crippen molar-refractivity contribution in [2.75, 3.05) is 5.73 Å². The van der Waals surface area contributed by atoms with Crippen molar-refractivity contribution in [3.63, 3.8) is 0 Å². The Hall–Kier alpha value is -2.62. The molecule has 0 fully saturated rings. The lowest BCUT2D eigenvalue weighted by Gasteiger charge is -2.07. The van der Waals surface area contributed by atoms with Crippen molar-refractivity contribution in [1.82, 2.24) is 9.78 Å². The monoisotopic (exact) mass is 279 g/mol. The third-order valence-corrected chi connectivity index (χ3v) is 3.75. The van der Waals surface area contributed by atoms with E-state index < -0.39 is 0 Å². The van der Waals surface area contributed by atoms with Gasteiger partial charge in [-0.15, -0.1) is 0 Å². The van der Waals surface area contributed by atoms with E-state index in [-0.39, 0.29) is 5.78 Å². The fourth-order valence-electron chi connectivity index (χ4n) is 2.52. The van der Waals surface area contributed by atoms with Crippen molar-refractivity contribution in [2.24, 2.45) is 7.05 Å². The number of hydrogen-bond acceptors (Lipinski definition) is 3. The van der Waals surface area contributed by atoms with Gasteiger partial charge in [0.25, 0.3) is 0 Å². The molecule has 0 saturated carbocycles. The van der Waals surface area contributed by atoms with Crippen LogP contribution in [-0.4, -0.2) is 15.6 Å². The third-order valence-electron chi connectivity index (χ3n) is 3.75. The molecule has 106 valence electrons. The van der Waals surface area contributed by atoms with Crippen molar-refractivity contribution < 1.29 is 4.79 Å². The minimum absolute atomic E-state index is 0.0689. The molecule has 0 radical (unpaired) electrons. The number of Topliss-reactive ketones (excluding diaryl/α,β-unsaturated/α-hetero) is 1. The molecule has 0 aliphatic heterocycles. The number of fused-ring (bicyclic) bond motifs is 1. The average molecular weight is 279 g/mol. The summed E-state index contributed by atoms with van der Waals surface area (Å²) in [6, 6.07) is 13.6. The highest BCUT2D eigenvalue weighted by Gasteiger charge is 2.12. The van der Waals surface area contributed by atoms with Crippen molar-refractivity contribution in [2.45, 2.75) is 12.8 Å². The van der Waals surface area contributed by atoms with Gasteiger partial charge in [0, 0.05) is 36.6 Å². The molecule has 21 heavy (non-hydrogen) atoms. The van der Waals surface area contributed by atoms with Gasteiger partial charge in [-0.1, -0.05) is 24.3 Å². The zero-order valence-electron chi connectivity index (χ0n) is 11.9. The maximum absolute atomic E-state index is 12.4. The van der Waals surface area contributed by atoms with E-state index in [1.54, 1.807) is 10.9 Å². The molecule has 0 saturated heterocycles. The minimum atomic E-state index is 0.0689. The van der Waals surface area contributed by atoms with E-state index in [0.29, 0.717) is 24.1 Å². The molecule has 0 atom stereocenters. The molecule has 1 aromatic heterocycles. The zero-order chi connectivity index (χ0) is 14.8. The highest BCUT2D eigenvalue weighted by Crippen LogP contribution is 2.23. The largest absolute Gasteiger partial charge is 0.398 e. The zero-order valence-corrected chi connectivity index (χ0v) is 11.9. The molecule has 0 unspecified atom stereocenters. The van der Waals surface area contributed by atoms with Crippen LogP contribution >= 0.6 is 0 Å². The number of nitrogens with zero attached hydrogens (tertiary/aromatic N) is 2. The van der Waals surface area contributed by atoms with E-state index in [1.807, 2.05) is 49.5 Å². The second kappa shape index (κ2) is 5.40. The number of aromatic nitrogens is 2. The Bertz CT molecular complexity index is 805. The molecule has 1 heterocycles. The molecule has 3 rings (SSSR count). The maximum Gasteiger partial charge on any atom is 0.165 e. The van der Waals surface area contributed by atoms with Gasteiger partial charge in [-0.2, -0.15) is 5.10 Å². The topological polar surface area (TPSA) is 60.9 Å². The summed E-state index contributed by atoms with van der Waals surface area (Å²) >= 11 is 0. The van der Waals surface area contributed by atoms with Crippen LogP contribution < -0.4 is 5.73 Å². The quantitative estimate of drug-likeness (QED) is 0.590. The van der Waals surface area contributed by atoms with Crippen LogP contribution in [0, 0.1) is 0 Å². The van der Waals surface area contributed by atoms with E-state index >= 15 is 0 Å². The SMILES string of the molecule is Cn1nccc1CCC(=O)c1cc2ccccc2cc1N. The number of hydrogen-bond donors (Lipinski definition) is 1. The van der Waals surface area contributed by atoms with Gasteiger partial charge in [-0.3, -0.25) is 9.48 Å². The Balaban J connectivity index is 1.84. The Labute approximate surface area is 123 Å². The van der Waals surface area contributed by atoms with Crippen LogP contribution in [0.25, 0.3) is 10.8 Å². The smallest absolute Gasteiger partial charge is 0.165 e. The van der Waals surface area contributed by atoms with Gasteiger partial charge in [-0.25, -0.2) is 0 Å². The van der Waals surface area contributed by atoms with Gasteiger partial charge < -0.3 is 5.73 Å². The fraction of sp³-hybridized carbons (Fsp3) is 0.176. The molecule has 4 heteroatoms. The van der Waals surface area contributed by atoms with Gasteiger partial charge in [0.05, 0.1) is 0 Å². The van der Waals surface area contributed by atoms with E-state index in [9.17, 15) is 4.79 Å². The molecular formula is C17H17N3O. The first-order valence-corrected chi connectivity index (χ1v) is 6.93. The number of anilines is 1. The molecule has 0 amide bonds. The number of carbonyl (C=O) groups excluding carboxylic acids is 1. The van der Waals surface area contributed by atoms with E-state index in [4.69, 9.17) is 5.73 Å². The number of benzene rings is 2. The second-order valence-electron chi connectivity index (χ2n) is 5.16.